The first kappa shape index (κ1) is 14.3. The predicted octanol–water partition coefficient (Wildman–Crippen LogP) is 3.39. The number of hydrogen-bond acceptors (Lipinski definition) is 3. The molecule has 2 aromatic rings. The van der Waals surface area contributed by atoms with Crippen molar-refractivity contribution in [2.24, 2.45) is 7.05 Å². The molecule has 0 saturated carbocycles. The molecule has 4 nitrogen and oxygen atoms in total. The van der Waals surface area contributed by atoms with Crippen LogP contribution in [0.4, 0.5) is 4.39 Å². The van der Waals surface area contributed by atoms with E-state index in [-0.39, 0.29) is 5.75 Å². The van der Waals surface area contributed by atoms with Gasteiger partial charge in [-0.1, -0.05) is 6.07 Å². The minimum atomic E-state index is -0.463. The van der Waals surface area contributed by atoms with Crippen molar-refractivity contribution in [3.05, 3.63) is 45.9 Å². The number of halogens is 2. The third-order valence-corrected chi connectivity index (χ3v) is 3.41. The van der Waals surface area contributed by atoms with Crippen molar-refractivity contribution < 1.29 is 9.13 Å². The SMILES string of the molecule is COc1cc(/C(C#N)=C/c2c(Br)cnn2C)ccc1F. The van der Waals surface area contributed by atoms with Gasteiger partial charge in [-0.3, -0.25) is 4.68 Å². The summed E-state index contributed by atoms with van der Waals surface area (Å²) < 4.78 is 20.7. The Balaban J connectivity index is 2.51. The average molecular weight is 336 g/mol. The topological polar surface area (TPSA) is 50.8 Å². The van der Waals surface area contributed by atoms with Gasteiger partial charge in [0.25, 0.3) is 0 Å². The van der Waals surface area contributed by atoms with E-state index in [9.17, 15) is 9.65 Å². The van der Waals surface area contributed by atoms with Crippen molar-refractivity contribution in [1.29, 1.82) is 5.26 Å². The highest BCUT2D eigenvalue weighted by Gasteiger charge is 2.10. The van der Waals surface area contributed by atoms with Crippen LogP contribution in [-0.4, -0.2) is 16.9 Å². The maximum Gasteiger partial charge on any atom is 0.165 e. The molecule has 0 saturated heterocycles. The van der Waals surface area contributed by atoms with E-state index in [0.717, 1.165) is 10.2 Å². The number of benzene rings is 1. The number of allylic oxidation sites excluding steroid dienone is 1. The van der Waals surface area contributed by atoms with E-state index in [2.05, 4.69) is 27.1 Å². The van der Waals surface area contributed by atoms with Crippen LogP contribution < -0.4 is 4.74 Å². The second-order valence-electron chi connectivity index (χ2n) is 4.02. The van der Waals surface area contributed by atoms with E-state index in [4.69, 9.17) is 4.74 Å². The van der Waals surface area contributed by atoms with Crippen molar-refractivity contribution in [2.45, 2.75) is 0 Å². The quantitative estimate of drug-likeness (QED) is 0.808. The molecule has 0 spiro atoms. The summed E-state index contributed by atoms with van der Waals surface area (Å²) in [5, 5.41) is 13.4. The fraction of sp³-hybridized carbons (Fsp3) is 0.143. The minimum absolute atomic E-state index is 0.104. The molecule has 1 heterocycles. The molecule has 0 bridgehead atoms. The molecule has 0 atom stereocenters. The average Bonchev–Trinajstić information content (AvgIpc) is 2.76. The summed E-state index contributed by atoms with van der Waals surface area (Å²) in [6.45, 7) is 0. The van der Waals surface area contributed by atoms with Gasteiger partial charge in [0, 0.05) is 7.05 Å². The summed E-state index contributed by atoms with van der Waals surface area (Å²) >= 11 is 3.37. The molecular formula is C14H11BrFN3O. The molecular weight excluding hydrogens is 325 g/mol. The molecule has 2 rings (SSSR count). The number of nitrogens with zero attached hydrogens (tertiary/aromatic N) is 3. The Kier molecular flexibility index (Phi) is 4.20. The predicted molar refractivity (Wildman–Crippen MR) is 77.3 cm³/mol. The van der Waals surface area contributed by atoms with Gasteiger partial charge in [0.2, 0.25) is 0 Å². The first-order valence-electron chi connectivity index (χ1n) is 5.70. The van der Waals surface area contributed by atoms with Crippen LogP contribution in [0.2, 0.25) is 0 Å². The van der Waals surface area contributed by atoms with E-state index in [1.54, 1.807) is 24.0 Å². The monoisotopic (exact) mass is 335 g/mol. The Morgan fingerprint density at radius 1 is 1.55 bits per heavy atom. The van der Waals surface area contributed by atoms with E-state index in [1.165, 1.54) is 25.3 Å². The van der Waals surface area contributed by atoms with Gasteiger partial charge >= 0.3 is 0 Å². The van der Waals surface area contributed by atoms with E-state index >= 15 is 0 Å². The first-order valence-corrected chi connectivity index (χ1v) is 6.49. The standard InChI is InChI=1S/C14H11BrFN3O/c1-19-13(11(15)8-18-19)5-10(7-17)9-3-4-12(16)14(6-9)20-2/h3-6,8H,1-2H3/b10-5+. The lowest BCUT2D eigenvalue weighted by Crippen LogP contribution is -1.94. The van der Waals surface area contributed by atoms with Crippen LogP contribution in [0.3, 0.4) is 0 Å². The smallest absolute Gasteiger partial charge is 0.165 e. The second-order valence-corrected chi connectivity index (χ2v) is 4.87. The Hall–Kier alpha value is -2.13. The minimum Gasteiger partial charge on any atom is -0.494 e. The first-order chi connectivity index (χ1) is 9.56. The van der Waals surface area contributed by atoms with E-state index in [0.29, 0.717) is 11.1 Å². The molecule has 0 fully saturated rings. The summed E-state index contributed by atoms with van der Waals surface area (Å²) in [6, 6.07) is 6.41. The highest BCUT2D eigenvalue weighted by atomic mass is 79.9. The largest absolute Gasteiger partial charge is 0.494 e. The van der Waals surface area contributed by atoms with Crippen LogP contribution in [0.1, 0.15) is 11.3 Å². The van der Waals surface area contributed by atoms with Crippen molar-refractivity contribution in [1.82, 2.24) is 9.78 Å². The number of nitriles is 1. The van der Waals surface area contributed by atoms with Crippen LogP contribution in [0, 0.1) is 17.1 Å². The van der Waals surface area contributed by atoms with Crippen molar-refractivity contribution in [3.8, 4) is 11.8 Å². The second kappa shape index (κ2) is 5.88. The van der Waals surface area contributed by atoms with Crippen molar-refractivity contribution in [2.75, 3.05) is 7.11 Å². The maximum absolute atomic E-state index is 13.4. The number of hydrogen-bond donors (Lipinski definition) is 0. The van der Waals surface area contributed by atoms with Gasteiger partial charge in [0.15, 0.2) is 11.6 Å². The summed E-state index contributed by atoms with van der Waals surface area (Å²) in [5.41, 5.74) is 1.73. The zero-order valence-corrected chi connectivity index (χ0v) is 12.5. The molecule has 6 heteroatoms. The third kappa shape index (κ3) is 2.73. The van der Waals surface area contributed by atoms with Crippen molar-refractivity contribution in [3.63, 3.8) is 0 Å². The van der Waals surface area contributed by atoms with Gasteiger partial charge in [-0.2, -0.15) is 10.4 Å². The number of methoxy groups -OCH3 is 1. The Labute approximate surface area is 124 Å². The lowest BCUT2D eigenvalue weighted by atomic mass is 10.1. The molecule has 102 valence electrons. The molecule has 0 N–H and O–H groups in total. The fourth-order valence-electron chi connectivity index (χ4n) is 1.73. The van der Waals surface area contributed by atoms with E-state index in [1.807, 2.05) is 0 Å². The van der Waals surface area contributed by atoms with Crippen molar-refractivity contribution >= 4 is 27.6 Å². The van der Waals surface area contributed by atoms with Crippen LogP contribution in [0.15, 0.2) is 28.9 Å². The Morgan fingerprint density at radius 2 is 2.30 bits per heavy atom. The van der Waals surface area contributed by atoms with Crippen LogP contribution >= 0.6 is 15.9 Å². The lowest BCUT2D eigenvalue weighted by molar-refractivity contribution is 0.386. The van der Waals surface area contributed by atoms with Crippen LogP contribution in [-0.2, 0) is 7.05 Å². The summed E-state index contributed by atoms with van der Waals surface area (Å²) in [7, 11) is 3.16. The van der Waals surface area contributed by atoms with Crippen LogP contribution in [0.5, 0.6) is 5.75 Å². The van der Waals surface area contributed by atoms with Gasteiger partial charge in [0.05, 0.1) is 35.1 Å². The molecule has 1 aromatic heterocycles. The number of aromatic nitrogens is 2. The summed E-state index contributed by atoms with van der Waals surface area (Å²) in [5.74, 6) is -0.358. The molecule has 0 aliphatic rings. The number of ether oxygens (including phenoxy) is 1. The van der Waals surface area contributed by atoms with E-state index < -0.39 is 5.82 Å². The fourth-order valence-corrected chi connectivity index (χ4v) is 2.19. The molecule has 0 aliphatic carbocycles. The van der Waals surface area contributed by atoms with Gasteiger partial charge in [-0.05, 0) is 39.7 Å². The molecule has 0 aliphatic heterocycles. The number of rotatable bonds is 3. The zero-order valence-electron chi connectivity index (χ0n) is 10.9. The lowest BCUT2D eigenvalue weighted by Gasteiger charge is -2.05. The molecule has 0 amide bonds. The Bertz CT molecular complexity index is 696. The number of aryl methyl sites for hydroxylation is 1. The summed E-state index contributed by atoms with van der Waals surface area (Å²) in [4.78, 5) is 0. The third-order valence-electron chi connectivity index (χ3n) is 2.80. The zero-order chi connectivity index (χ0) is 14.7. The molecule has 0 radical (unpaired) electrons. The van der Waals surface area contributed by atoms with Gasteiger partial charge < -0.3 is 4.74 Å². The highest BCUT2D eigenvalue weighted by Crippen LogP contribution is 2.26. The normalized spacial score (nSPS) is 11.2. The molecule has 20 heavy (non-hydrogen) atoms. The van der Waals surface area contributed by atoms with Gasteiger partial charge in [-0.15, -0.1) is 0 Å². The van der Waals surface area contributed by atoms with Gasteiger partial charge in [-0.25, -0.2) is 4.39 Å². The van der Waals surface area contributed by atoms with Crippen LogP contribution in [0.25, 0.3) is 11.6 Å². The summed E-state index contributed by atoms with van der Waals surface area (Å²) in [6.07, 6.45) is 3.33. The highest BCUT2D eigenvalue weighted by molar-refractivity contribution is 9.10. The molecule has 0 unspecified atom stereocenters. The maximum atomic E-state index is 13.4. The molecule has 1 aromatic carbocycles. The Morgan fingerprint density at radius 3 is 2.85 bits per heavy atom. The van der Waals surface area contributed by atoms with Gasteiger partial charge in [0.1, 0.15) is 0 Å².